The van der Waals surface area contributed by atoms with Gasteiger partial charge < -0.3 is 5.73 Å². The lowest BCUT2D eigenvalue weighted by atomic mass is 10.1. The number of aromatic amines is 1. The summed E-state index contributed by atoms with van der Waals surface area (Å²) in [6.07, 6.45) is -3.85. The summed E-state index contributed by atoms with van der Waals surface area (Å²) in [6.45, 7) is 0. The summed E-state index contributed by atoms with van der Waals surface area (Å²) < 4.78 is 38.4. The molecule has 1 heterocycles. The number of H-pyrrole nitrogens is 1. The molecule has 0 aliphatic heterocycles. The van der Waals surface area contributed by atoms with Crippen molar-refractivity contribution in [3.05, 3.63) is 71.5 Å². The highest BCUT2D eigenvalue weighted by Gasteiger charge is 2.30. The molecule has 0 bridgehead atoms. The number of benzene rings is 2. The number of nitrogens with zero attached hydrogens (tertiary/aromatic N) is 2. The first kappa shape index (κ1) is 16.2. The Hall–Kier alpha value is -2.67. The Morgan fingerprint density at radius 1 is 1.04 bits per heavy atom. The third-order valence-corrected chi connectivity index (χ3v) is 3.60. The molecular formula is C17H15F3N4. The molecule has 124 valence electrons. The number of aromatic nitrogens is 3. The average molecular weight is 332 g/mol. The van der Waals surface area contributed by atoms with Gasteiger partial charge in [0.15, 0.2) is 5.82 Å². The van der Waals surface area contributed by atoms with Gasteiger partial charge in [-0.3, -0.25) is 5.10 Å². The summed E-state index contributed by atoms with van der Waals surface area (Å²) in [6, 6.07) is 14.1. The van der Waals surface area contributed by atoms with Crippen LogP contribution < -0.4 is 5.73 Å². The molecule has 7 heteroatoms. The van der Waals surface area contributed by atoms with Gasteiger partial charge in [-0.15, -0.1) is 0 Å². The summed E-state index contributed by atoms with van der Waals surface area (Å²) in [4.78, 5) is 4.24. The van der Waals surface area contributed by atoms with Crippen LogP contribution in [0.3, 0.4) is 0 Å². The fourth-order valence-corrected chi connectivity index (χ4v) is 2.37. The topological polar surface area (TPSA) is 67.6 Å². The summed E-state index contributed by atoms with van der Waals surface area (Å²) in [5.41, 5.74) is 6.70. The van der Waals surface area contributed by atoms with Gasteiger partial charge in [-0.25, -0.2) is 4.98 Å². The van der Waals surface area contributed by atoms with Crippen LogP contribution >= 0.6 is 0 Å². The predicted molar refractivity (Wildman–Crippen MR) is 83.9 cm³/mol. The SMILES string of the molecule is NC(Cc1ccccc1)c1nc(-c2cccc(C(F)(F)F)c2)n[nH]1. The van der Waals surface area contributed by atoms with Gasteiger partial charge >= 0.3 is 6.18 Å². The Morgan fingerprint density at radius 3 is 2.50 bits per heavy atom. The second-order valence-electron chi connectivity index (χ2n) is 5.42. The maximum absolute atomic E-state index is 12.8. The molecule has 1 unspecified atom stereocenters. The van der Waals surface area contributed by atoms with Crippen LogP contribution in [0, 0.1) is 0 Å². The highest BCUT2D eigenvalue weighted by Crippen LogP contribution is 2.31. The predicted octanol–water partition coefficient (Wildman–Crippen LogP) is 3.73. The lowest BCUT2D eigenvalue weighted by Crippen LogP contribution is -2.15. The van der Waals surface area contributed by atoms with Crippen molar-refractivity contribution in [2.24, 2.45) is 5.73 Å². The third kappa shape index (κ3) is 3.62. The molecule has 2 aromatic carbocycles. The van der Waals surface area contributed by atoms with Gasteiger partial charge in [0.2, 0.25) is 0 Å². The van der Waals surface area contributed by atoms with E-state index in [9.17, 15) is 13.2 Å². The number of nitrogens with one attached hydrogen (secondary N) is 1. The van der Waals surface area contributed by atoms with E-state index in [2.05, 4.69) is 15.2 Å². The zero-order chi connectivity index (χ0) is 17.2. The van der Waals surface area contributed by atoms with Gasteiger partial charge in [-0.05, 0) is 24.1 Å². The summed E-state index contributed by atoms with van der Waals surface area (Å²) in [7, 11) is 0. The van der Waals surface area contributed by atoms with Crippen molar-refractivity contribution in [1.82, 2.24) is 15.2 Å². The van der Waals surface area contributed by atoms with E-state index in [1.165, 1.54) is 12.1 Å². The second kappa shape index (κ2) is 6.45. The highest BCUT2D eigenvalue weighted by molar-refractivity contribution is 5.56. The first-order valence-corrected chi connectivity index (χ1v) is 7.33. The molecule has 3 rings (SSSR count). The number of rotatable bonds is 4. The first-order chi connectivity index (χ1) is 11.4. The molecule has 1 atom stereocenters. The minimum absolute atomic E-state index is 0.194. The summed E-state index contributed by atoms with van der Waals surface area (Å²) in [5, 5.41) is 6.70. The van der Waals surface area contributed by atoms with Crippen LogP contribution in [0.2, 0.25) is 0 Å². The van der Waals surface area contributed by atoms with Crippen molar-refractivity contribution in [2.45, 2.75) is 18.6 Å². The number of hydrogen-bond acceptors (Lipinski definition) is 3. The van der Waals surface area contributed by atoms with Gasteiger partial charge in [-0.1, -0.05) is 42.5 Å². The number of halogens is 3. The Labute approximate surface area is 136 Å². The number of hydrogen-bond donors (Lipinski definition) is 2. The van der Waals surface area contributed by atoms with E-state index in [0.29, 0.717) is 17.8 Å². The molecule has 0 radical (unpaired) electrons. The van der Waals surface area contributed by atoms with Gasteiger partial charge in [0.25, 0.3) is 0 Å². The molecule has 3 N–H and O–H groups in total. The van der Waals surface area contributed by atoms with Crippen molar-refractivity contribution in [3.63, 3.8) is 0 Å². The molecule has 0 fully saturated rings. The fourth-order valence-electron chi connectivity index (χ4n) is 2.37. The normalized spacial score (nSPS) is 13.0. The van der Waals surface area contributed by atoms with Crippen molar-refractivity contribution in [2.75, 3.05) is 0 Å². The van der Waals surface area contributed by atoms with Gasteiger partial charge in [0.05, 0.1) is 11.6 Å². The minimum atomic E-state index is -4.40. The monoisotopic (exact) mass is 332 g/mol. The van der Waals surface area contributed by atoms with E-state index in [1.54, 1.807) is 0 Å². The van der Waals surface area contributed by atoms with Crippen LogP contribution in [-0.2, 0) is 12.6 Å². The zero-order valence-corrected chi connectivity index (χ0v) is 12.6. The molecule has 0 aliphatic rings. The van der Waals surface area contributed by atoms with Crippen LogP contribution in [0.1, 0.15) is 23.0 Å². The van der Waals surface area contributed by atoms with Crippen LogP contribution in [0.15, 0.2) is 54.6 Å². The zero-order valence-electron chi connectivity index (χ0n) is 12.6. The smallest absolute Gasteiger partial charge is 0.321 e. The quantitative estimate of drug-likeness (QED) is 0.765. The summed E-state index contributed by atoms with van der Waals surface area (Å²) in [5.74, 6) is 0.630. The van der Waals surface area contributed by atoms with Crippen molar-refractivity contribution >= 4 is 0 Å². The Bertz CT molecular complexity index is 812. The Balaban J connectivity index is 1.80. The first-order valence-electron chi connectivity index (χ1n) is 7.33. The Morgan fingerprint density at radius 2 is 1.79 bits per heavy atom. The summed E-state index contributed by atoms with van der Waals surface area (Å²) >= 11 is 0. The molecule has 24 heavy (non-hydrogen) atoms. The third-order valence-electron chi connectivity index (χ3n) is 3.60. The molecule has 0 spiro atoms. The molecule has 0 saturated carbocycles. The van der Waals surface area contributed by atoms with E-state index in [-0.39, 0.29) is 5.82 Å². The average Bonchev–Trinajstić information content (AvgIpc) is 3.05. The molecule has 1 aromatic heterocycles. The largest absolute Gasteiger partial charge is 0.416 e. The van der Waals surface area contributed by atoms with Crippen molar-refractivity contribution in [3.8, 4) is 11.4 Å². The molecule has 4 nitrogen and oxygen atoms in total. The minimum Gasteiger partial charge on any atom is -0.321 e. The van der Waals surface area contributed by atoms with E-state index in [1.807, 2.05) is 30.3 Å². The number of nitrogens with two attached hydrogens (primary N) is 1. The van der Waals surface area contributed by atoms with Crippen LogP contribution in [0.25, 0.3) is 11.4 Å². The van der Waals surface area contributed by atoms with Gasteiger partial charge in [0.1, 0.15) is 5.82 Å². The lowest BCUT2D eigenvalue weighted by Gasteiger charge is -2.08. The molecular weight excluding hydrogens is 317 g/mol. The van der Waals surface area contributed by atoms with E-state index in [4.69, 9.17) is 5.73 Å². The maximum Gasteiger partial charge on any atom is 0.416 e. The fraction of sp³-hybridized carbons (Fsp3) is 0.176. The highest BCUT2D eigenvalue weighted by atomic mass is 19.4. The lowest BCUT2D eigenvalue weighted by molar-refractivity contribution is -0.137. The van der Waals surface area contributed by atoms with E-state index < -0.39 is 17.8 Å². The van der Waals surface area contributed by atoms with Crippen molar-refractivity contribution in [1.29, 1.82) is 0 Å². The van der Waals surface area contributed by atoms with Crippen LogP contribution in [-0.4, -0.2) is 15.2 Å². The standard InChI is InChI=1S/C17H15F3N4/c18-17(19,20)13-8-4-7-12(10-13)15-22-16(24-23-15)14(21)9-11-5-2-1-3-6-11/h1-8,10,14H,9,21H2,(H,22,23,24). The second-order valence-corrected chi connectivity index (χ2v) is 5.42. The molecule has 0 saturated heterocycles. The van der Waals surface area contributed by atoms with Crippen molar-refractivity contribution < 1.29 is 13.2 Å². The van der Waals surface area contributed by atoms with Gasteiger partial charge in [-0.2, -0.15) is 18.3 Å². The van der Waals surface area contributed by atoms with E-state index >= 15 is 0 Å². The van der Waals surface area contributed by atoms with Gasteiger partial charge in [0, 0.05) is 5.56 Å². The number of alkyl halides is 3. The van der Waals surface area contributed by atoms with E-state index in [0.717, 1.165) is 17.7 Å². The maximum atomic E-state index is 12.8. The molecule has 0 amide bonds. The Kier molecular flexibility index (Phi) is 4.35. The molecule has 0 aliphatic carbocycles. The van der Waals surface area contributed by atoms with Crippen LogP contribution in [0.4, 0.5) is 13.2 Å². The van der Waals surface area contributed by atoms with Crippen LogP contribution in [0.5, 0.6) is 0 Å². The molecule has 3 aromatic rings.